The highest BCUT2D eigenvalue weighted by Gasteiger charge is 2.11. The smallest absolute Gasteiger partial charge is 0.200 e. The summed E-state index contributed by atoms with van der Waals surface area (Å²) in [5.41, 5.74) is 3.42. The summed E-state index contributed by atoms with van der Waals surface area (Å²) in [5, 5.41) is 0.830. The van der Waals surface area contributed by atoms with E-state index in [0.29, 0.717) is 11.3 Å². The van der Waals surface area contributed by atoms with Gasteiger partial charge in [0.25, 0.3) is 0 Å². The number of nitrogens with zero attached hydrogens (tertiary/aromatic N) is 1. The van der Waals surface area contributed by atoms with Crippen molar-refractivity contribution in [3.05, 3.63) is 65.4 Å². The van der Waals surface area contributed by atoms with Crippen molar-refractivity contribution in [2.24, 2.45) is 0 Å². The van der Waals surface area contributed by atoms with E-state index in [4.69, 9.17) is 9.47 Å². The van der Waals surface area contributed by atoms with E-state index in [2.05, 4.69) is 4.98 Å². The molecule has 0 saturated heterocycles. The second kappa shape index (κ2) is 6.71. The van der Waals surface area contributed by atoms with Crippen molar-refractivity contribution in [2.45, 2.75) is 13.8 Å². The molecular formula is C20H19NO3. The summed E-state index contributed by atoms with van der Waals surface area (Å²) < 4.78 is 11.1. The summed E-state index contributed by atoms with van der Waals surface area (Å²) >= 11 is 0. The number of fused-ring (bicyclic) bond motifs is 1. The van der Waals surface area contributed by atoms with Crippen LogP contribution in [0.3, 0.4) is 0 Å². The lowest BCUT2D eigenvalue weighted by Crippen LogP contribution is -2.12. The molecule has 122 valence electrons. The van der Waals surface area contributed by atoms with E-state index < -0.39 is 0 Å². The van der Waals surface area contributed by atoms with E-state index in [1.165, 1.54) is 0 Å². The highest BCUT2D eigenvalue weighted by Crippen LogP contribution is 2.29. The molecular weight excluding hydrogens is 302 g/mol. The quantitative estimate of drug-likeness (QED) is 0.663. The minimum atomic E-state index is -0.0551. The van der Waals surface area contributed by atoms with Crippen LogP contribution < -0.4 is 9.47 Å². The van der Waals surface area contributed by atoms with Gasteiger partial charge in [-0.25, -0.2) is 0 Å². The number of carbonyl (C=O) groups excluding carboxylic acids is 1. The number of benzene rings is 2. The number of hydrogen-bond acceptors (Lipinski definition) is 4. The van der Waals surface area contributed by atoms with Gasteiger partial charge in [0.2, 0.25) is 0 Å². The zero-order chi connectivity index (χ0) is 17.1. The van der Waals surface area contributed by atoms with E-state index in [0.717, 1.165) is 27.9 Å². The Bertz CT molecular complexity index is 885. The van der Waals surface area contributed by atoms with Crippen molar-refractivity contribution >= 4 is 16.7 Å². The number of aromatic nitrogens is 1. The number of ether oxygens (including phenoxy) is 2. The molecule has 0 aliphatic carbocycles. The lowest BCUT2D eigenvalue weighted by Gasteiger charge is -2.11. The van der Waals surface area contributed by atoms with Crippen LogP contribution >= 0.6 is 0 Å². The van der Waals surface area contributed by atoms with Crippen LogP contribution in [-0.4, -0.2) is 24.5 Å². The lowest BCUT2D eigenvalue weighted by molar-refractivity contribution is 0.0922. The zero-order valence-electron chi connectivity index (χ0n) is 14.0. The Morgan fingerprint density at radius 3 is 2.50 bits per heavy atom. The second-order valence-electron chi connectivity index (χ2n) is 5.72. The molecule has 3 aromatic rings. The molecule has 0 radical (unpaired) electrons. The average Bonchev–Trinajstić information content (AvgIpc) is 2.59. The minimum absolute atomic E-state index is 0.0151. The van der Waals surface area contributed by atoms with Crippen LogP contribution in [0.5, 0.6) is 11.5 Å². The summed E-state index contributed by atoms with van der Waals surface area (Å²) in [6.07, 6.45) is 0. The van der Waals surface area contributed by atoms with Crippen LogP contribution in [0.15, 0.2) is 48.5 Å². The third-order valence-corrected chi connectivity index (χ3v) is 3.84. The summed E-state index contributed by atoms with van der Waals surface area (Å²) in [6, 6.07) is 14.9. The summed E-state index contributed by atoms with van der Waals surface area (Å²) in [6.45, 7) is 3.88. The maximum Gasteiger partial charge on any atom is 0.200 e. The maximum atomic E-state index is 12.3. The average molecular weight is 321 g/mol. The number of methoxy groups -OCH3 is 1. The summed E-state index contributed by atoms with van der Waals surface area (Å²) in [5.74, 6) is 1.31. The Morgan fingerprint density at radius 2 is 1.79 bits per heavy atom. The molecule has 0 spiro atoms. The third-order valence-electron chi connectivity index (χ3n) is 3.84. The minimum Gasteiger partial charge on any atom is -0.497 e. The lowest BCUT2D eigenvalue weighted by atomic mass is 10.1. The highest BCUT2D eigenvalue weighted by molar-refractivity contribution is 5.97. The molecule has 0 amide bonds. The highest BCUT2D eigenvalue weighted by atomic mass is 16.5. The molecule has 0 atom stereocenters. The van der Waals surface area contributed by atoms with Crippen LogP contribution in [0.1, 0.15) is 21.6 Å². The first-order valence-corrected chi connectivity index (χ1v) is 7.75. The molecule has 0 aliphatic rings. The van der Waals surface area contributed by atoms with Gasteiger partial charge in [-0.05, 0) is 32.0 Å². The number of aryl methyl sites for hydroxylation is 2. The van der Waals surface area contributed by atoms with Gasteiger partial charge in [0.05, 0.1) is 12.6 Å². The molecule has 0 saturated carbocycles. The number of Topliss-reactive ketones (excluding diaryl/α,β-unsaturated/α-hetero) is 1. The predicted octanol–water partition coefficient (Wildman–Crippen LogP) is 4.12. The van der Waals surface area contributed by atoms with Gasteiger partial charge >= 0.3 is 0 Å². The van der Waals surface area contributed by atoms with Crippen LogP contribution in [0.2, 0.25) is 0 Å². The van der Waals surface area contributed by atoms with Crippen LogP contribution in [0, 0.1) is 13.8 Å². The molecule has 2 aromatic carbocycles. The molecule has 0 fully saturated rings. The van der Waals surface area contributed by atoms with Crippen molar-refractivity contribution in [3.8, 4) is 11.5 Å². The van der Waals surface area contributed by atoms with Gasteiger partial charge in [0.15, 0.2) is 12.4 Å². The Kier molecular flexibility index (Phi) is 4.47. The number of hydrogen-bond donors (Lipinski definition) is 0. The third kappa shape index (κ3) is 3.38. The number of carbonyl (C=O) groups is 1. The Morgan fingerprint density at radius 1 is 1.04 bits per heavy atom. The normalized spacial score (nSPS) is 10.6. The Labute approximate surface area is 141 Å². The molecule has 0 aliphatic heterocycles. The van der Waals surface area contributed by atoms with Crippen molar-refractivity contribution in [2.75, 3.05) is 13.7 Å². The van der Waals surface area contributed by atoms with Gasteiger partial charge < -0.3 is 9.47 Å². The van der Waals surface area contributed by atoms with Crippen LogP contribution in [-0.2, 0) is 0 Å². The Balaban J connectivity index is 1.86. The van der Waals surface area contributed by atoms with E-state index in [9.17, 15) is 4.79 Å². The fourth-order valence-electron chi connectivity index (χ4n) is 2.51. The van der Waals surface area contributed by atoms with Crippen LogP contribution in [0.4, 0.5) is 0 Å². The first-order chi connectivity index (χ1) is 11.6. The van der Waals surface area contributed by atoms with E-state index in [1.54, 1.807) is 7.11 Å². The maximum absolute atomic E-state index is 12.3. The number of ketones is 1. The van der Waals surface area contributed by atoms with E-state index in [1.807, 2.05) is 62.4 Å². The standard InChI is InChI=1S/C20H19NO3/c1-13-4-6-15(7-5-13)19(22)12-24-20-10-14(2)21-18-9-8-16(23-3)11-17(18)20/h4-11H,12H2,1-3H3. The molecule has 24 heavy (non-hydrogen) atoms. The number of rotatable bonds is 5. The molecule has 4 nitrogen and oxygen atoms in total. The zero-order valence-corrected chi connectivity index (χ0v) is 14.0. The van der Waals surface area contributed by atoms with Crippen molar-refractivity contribution in [1.29, 1.82) is 0 Å². The van der Waals surface area contributed by atoms with Crippen molar-refractivity contribution in [3.63, 3.8) is 0 Å². The van der Waals surface area contributed by atoms with E-state index in [-0.39, 0.29) is 12.4 Å². The summed E-state index contributed by atoms with van der Waals surface area (Å²) in [7, 11) is 1.62. The first kappa shape index (κ1) is 16.0. The first-order valence-electron chi connectivity index (χ1n) is 7.75. The second-order valence-corrected chi connectivity index (χ2v) is 5.72. The largest absolute Gasteiger partial charge is 0.497 e. The molecule has 4 heteroatoms. The topological polar surface area (TPSA) is 48.4 Å². The fourth-order valence-corrected chi connectivity index (χ4v) is 2.51. The van der Waals surface area contributed by atoms with Crippen molar-refractivity contribution < 1.29 is 14.3 Å². The van der Waals surface area contributed by atoms with Crippen molar-refractivity contribution in [1.82, 2.24) is 4.98 Å². The van der Waals surface area contributed by atoms with Gasteiger partial charge in [-0.15, -0.1) is 0 Å². The Hall–Kier alpha value is -2.88. The molecule has 0 N–H and O–H groups in total. The molecule has 3 rings (SSSR count). The van der Waals surface area contributed by atoms with Gasteiger partial charge in [0.1, 0.15) is 11.5 Å². The van der Waals surface area contributed by atoms with E-state index >= 15 is 0 Å². The molecule has 1 heterocycles. The molecule has 1 aromatic heterocycles. The van der Waals surface area contributed by atoms with Gasteiger partial charge in [-0.1, -0.05) is 29.8 Å². The monoisotopic (exact) mass is 321 g/mol. The number of pyridine rings is 1. The van der Waals surface area contributed by atoms with Gasteiger partial charge in [-0.2, -0.15) is 0 Å². The van der Waals surface area contributed by atoms with Gasteiger partial charge in [-0.3, -0.25) is 9.78 Å². The molecule has 0 bridgehead atoms. The predicted molar refractivity (Wildman–Crippen MR) is 94.0 cm³/mol. The summed E-state index contributed by atoms with van der Waals surface area (Å²) in [4.78, 5) is 16.8. The van der Waals surface area contributed by atoms with Gasteiger partial charge in [0, 0.05) is 22.7 Å². The molecule has 0 unspecified atom stereocenters. The fraction of sp³-hybridized carbons (Fsp3) is 0.200. The van der Waals surface area contributed by atoms with Crippen LogP contribution in [0.25, 0.3) is 10.9 Å². The SMILES string of the molecule is COc1ccc2nc(C)cc(OCC(=O)c3ccc(C)cc3)c2c1.